The molecule has 1 aromatic heterocycles. The topological polar surface area (TPSA) is 42.4 Å². The van der Waals surface area contributed by atoms with E-state index in [1.165, 1.54) is 0 Å². The Hall–Kier alpha value is -1.36. The van der Waals surface area contributed by atoms with Crippen molar-refractivity contribution in [2.75, 3.05) is 6.61 Å². The fourth-order valence-corrected chi connectivity index (χ4v) is 3.04. The van der Waals surface area contributed by atoms with Gasteiger partial charge in [0.2, 0.25) is 5.91 Å². The molecule has 0 bridgehead atoms. The van der Waals surface area contributed by atoms with E-state index in [0.29, 0.717) is 13.2 Å². The first kappa shape index (κ1) is 12.7. The minimum absolute atomic E-state index is 0.0633. The number of carbonyl (C=O) groups is 1. The fourth-order valence-electron chi connectivity index (χ4n) is 2.56. The molecular weight excluding hydrogens is 308 g/mol. The molecule has 4 nitrogen and oxygen atoms in total. The van der Waals surface area contributed by atoms with Gasteiger partial charge in [0, 0.05) is 18.0 Å². The van der Waals surface area contributed by atoms with E-state index in [4.69, 9.17) is 4.74 Å². The van der Waals surface area contributed by atoms with Gasteiger partial charge in [-0.1, -0.05) is 19.1 Å². The number of ether oxygens (including phenoxy) is 1. The van der Waals surface area contributed by atoms with Crippen molar-refractivity contribution >= 4 is 21.8 Å². The number of fused-ring (bicyclic) bond motifs is 2. The van der Waals surface area contributed by atoms with Crippen LogP contribution in [0.3, 0.4) is 0 Å². The van der Waals surface area contributed by atoms with E-state index in [1.807, 2.05) is 17.9 Å². The van der Waals surface area contributed by atoms with Crippen LogP contribution in [0.4, 0.5) is 0 Å². The largest absolute Gasteiger partial charge is 0.490 e. The molecule has 0 fully saturated rings. The van der Waals surface area contributed by atoms with Gasteiger partial charge in [0.15, 0.2) is 0 Å². The Balaban J connectivity index is 1.98. The van der Waals surface area contributed by atoms with Gasteiger partial charge < -0.3 is 9.64 Å². The summed E-state index contributed by atoms with van der Waals surface area (Å²) in [7, 11) is 0. The molecule has 1 unspecified atom stereocenters. The second-order valence-corrected chi connectivity index (χ2v) is 5.85. The number of nitrogens with zero attached hydrogens (tertiary/aromatic N) is 2. The van der Waals surface area contributed by atoms with E-state index < -0.39 is 0 Å². The minimum atomic E-state index is -0.0633. The van der Waals surface area contributed by atoms with Crippen LogP contribution in [0.1, 0.15) is 18.9 Å². The van der Waals surface area contributed by atoms with Crippen LogP contribution in [0.2, 0.25) is 0 Å². The summed E-state index contributed by atoms with van der Waals surface area (Å²) in [5, 5.41) is 0. The number of halogens is 1. The second-order valence-electron chi connectivity index (χ2n) is 4.99. The third-order valence-electron chi connectivity index (χ3n) is 3.63. The average Bonchev–Trinajstić information content (AvgIpc) is 2.65. The molecule has 2 aliphatic rings. The smallest absolute Gasteiger partial charge is 0.229 e. The molecule has 0 saturated heterocycles. The Bertz CT molecular complexity index is 544. The summed E-state index contributed by atoms with van der Waals surface area (Å²) in [6.07, 6.45) is 8.41. The predicted molar refractivity (Wildman–Crippen MR) is 74.7 cm³/mol. The first-order chi connectivity index (χ1) is 9.16. The van der Waals surface area contributed by atoms with Gasteiger partial charge in [-0.15, -0.1) is 0 Å². The van der Waals surface area contributed by atoms with Gasteiger partial charge in [-0.3, -0.25) is 9.78 Å². The van der Waals surface area contributed by atoms with Crippen LogP contribution in [0, 0.1) is 5.92 Å². The van der Waals surface area contributed by atoms with Gasteiger partial charge in [0.25, 0.3) is 0 Å². The number of amides is 1. The van der Waals surface area contributed by atoms with E-state index in [1.54, 1.807) is 12.4 Å². The van der Waals surface area contributed by atoms with Crippen LogP contribution < -0.4 is 4.74 Å². The number of pyridine rings is 1. The summed E-state index contributed by atoms with van der Waals surface area (Å²) in [6.45, 7) is 3.03. The van der Waals surface area contributed by atoms with Gasteiger partial charge in [-0.25, -0.2) is 0 Å². The van der Waals surface area contributed by atoms with Crippen LogP contribution in [-0.4, -0.2) is 28.4 Å². The summed E-state index contributed by atoms with van der Waals surface area (Å²) < 4.78 is 6.72. The van der Waals surface area contributed by atoms with Gasteiger partial charge in [0.05, 0.1) is 23.0 Å². The SMILES string of the molecule is CC1C=CC[C@@H]2COc3c(Br)cncc3CN2C1=O. The lowest BCUT2D eigenvalue weighted by molar-refractivity contribution is -0.136. The second kappa shape index (κ2) is 4.96. The third kappa shape index (κ3) is 2.27. The first-order valence-electron chi connectivity index (χ1n) is 6.39. The molecule has 0 spiro atoms. The van der Waals surface area contributed by atoms with Crippen molar-refractivity contribution in [2.24, 2.45) is 5.92 Å². The molecule has 0 radical (unpaired) electrons. The van der Waals surface area contributed by atoms with Crippen molar-refractivity contribution in [3.8, 4) is 5.75 Å². The summed E-state index contributed by atoms with van der Waals surface area (Å²) >= 11 is 3.45. The van der Waals surface area contributed by atoms with Crippen molar-refractivity contribution in [1.82, 2.24) is 9.88 Å². The number of aromatic nitrogens is 1. The Morgan fingerprint density at radius 3 is 3.16 bits per heavy atom. The molecule has 19 heavy (non-hydrogen) atoms. The Morgan fingerprint density at radius 2 is 2.32 bits per heavy atom. The van der Waals surface area contributed by atoms with Gasteiger partial charge >= 0.3 is 0 Å². The summed E-state index contributed by atoms with van der Waals surface area (Å²) in [5.74, 6) is 0.911. The molecule has 100 valence electrons. The van der Waals surface area contributed by atoms with Crippen molar-refractivity contribution in [2.45, 2.75) is 25.9 Å². The zero-order valence-corrected chi connectivity index (χ0v) is 12.3. The van der Waals surface area contributed by atoms with E-state index in [0.717, 1.165) is 22.2 Å². The lowest BCUT2D eigenvalue weighted by Crippen LogP contribution is -2.42. The normalized spacial score (nSPS) is 26.0. The van der Waals surface area contributed by atoms with Crippen LogP contribution in [0.5, 0.6) is 5.75 Å². The van der Waals surface area contributed by atoms with Crippen LogP contribution in [-0.2, 0) is 11.3 Å². The van der Waals surface area contributed by atoms with E-state index in [-0.39, 0.29) is 17.9 Å². The maximum Gasteiger partial charge on any atom is 0.229 e. The number of hydrogen-bond donors (Lipinski definition) is 0. The molecule has 1 aromatic rings. The van der Waals surface area contributed by atoms with Crippen LogP contribution in [0.25, 0.3) is 0 Å². The molecule has 0 N–H and O–H groups in total. The molecule has 5 heteroatoms. The van der Waals surface area contributed by atoms with Gasteiger partial charge in [0.1, 0.15) is 12.4 Å². The van der Waals surface area contributed by atoms with Gasteiger partial charge in [-0.05, 0) is 22.4 Å². The van der Waals surface area contributed by atoms with Crippen LogP contribution in [0.15, 0.2) is 29.0 Å². The Labute approximate surface area is 120 Å². The molecule has 0 aromatic carbocycles. The molecule has 2 aliphatic heterocycles. The highest BCUT2D eigenvalue weighted by atomic mass is 79.9. The molecule has 3 rings (SSSR count). The lowest BCUT2D eigenvalue weighted by atomic mass is 10.1. The molecule has 3 heterocycles. The summed E-state index contributed by atoms with van der Waals surface area (Å²) in [5.41, 5.74) is 0.958. The van der Waals surface area contributed by atoms with Crippen molar-refractivity contribution in [3.05, 3.63) is 34.6 Å². The molecule has 2 atom stereocenters. The van der Waals surface area contributed by atoms with E-state index in [2.05, 4.69) is 27.0 Å². The van der Waals surface area contributed by atoms with Crippen molar-refractivity contribution in [3.63, 3.8) is 0 Å². The van der Waals surface area contributed by atoms with E-state index >= 15 is 0 Å². The Kier molecular flexibility index (Phi) is 3.31. The maximum absolute atomic E-state index is 12.4. The summed E-state index contributed by atoms with van der Waals surface area (Å²) in [4.78, 5) is 18.5. The highest BCUT2D eigenvalue weighted by molar-refractivity contribution is 9.10. The number of hydrogen-bond acceptors (Lipinski definition) is 3. The van der Waals surface area contributed by atoms with Crippen molar-refractivity contribution in [1.29, 1.82) is 0 Å². The molecule has 0 aliphatic carbocycles. The lowest BCUT2D eigenvalue weighted by Gasteiger charge is -2.28. The first-order valence-corrected chi connectivity index (χ1v) is 7.18. The quantitative estimate of drug-likeness (QED) is 0.689. The van der Waals surface area contributed by atoms with Crippen molar-refractivity contribution < 1.29 is 9.53 Å². The minimum Gasteiger partial charge on any atom is -0.490 e. The predicted octanol–water partition coefficient (Wildman–Crippen LogP) is 2.53. The van der Waals surface area contributed by atoms with E-state index in [9.17, 15) is 4.79 Å². The standard InChI is InChI=1S/C14H15BrN2O2/c1-9-3-2-4-11-8-19-13-10(5-16-6-12(13)15)7-17(11)14(9)18/h2-3,5-6,9,11H,4,7-8H2,1H3/t9?,11-/m1/s1. The van der Waals surface area contributed by atoms with Crippen LogP contribution >= 0.6 is 15.9 Å². The summed E-state index contributed by atoms with van der Waals surface area (Å²) in [6, 6.07) is 0.105. The maximum atomic E-state index is 12.4. The zero-order valence-electron chi connectivity index (χ0n) is 10.7. The highest BCUT2D eigenvalue weighted by Crippen LogP contribution is 2.33. The highest BCUT2D eigenvalue weighted by Gasteiger charge is 2.32. The zero-order chi connectivity index (χ0) is 13.4. The average molecular weight is 323 g/mol. The molecular formula is C14H15BrN2O2. The molecule has 0 saturated carbocycles. The third-order valence-corrected chi connectivity index (χ3v) is 4.20. The number of carbonyl (C=O) groups excluding carboxylic acids is 1. The Morgan fingerprint density at radius 1 is 1.47 bits per heavy atom. The van der Waals surface area contributed by atoms with Gasteiger partial charge in [-0.2, -0.15) is 0 Å². The monoisotopic (exact) mass is 322 g/mol. The molecule has 1 amide bonds. The fraction of sp³-hybridized carbons (Fsp3) is 0.429. The number of rotatable bonds is 0.